The van der Waals surface area contributed by atoms with Gasteiger partial charge in [-0.3, -0.25) is 14.3 Å². The van der Waals surface area contributed by atoms with Crippen molar-refractivity contribution in [1.29, 1.82) is 0 Å². The molecule has 3 aromatic rings. The highest BCUT2D eigenvalue weighted by atomic mass is 16.3. The molecule has 0 atom stereocenters. The number of nitrogens with zero attached hydrogens (tertiary/aromatic N) is 5. The maximum atomic E-state index is 12.8. The van der Waals surface area contributed by atoms with E-state index >= 15 is 0 Å². The number of pyridine rings is 2. The fourth-order valence-corrected chi connectivity index (χ4v) is 2.65. The number of nitrogens with two attached hydrogens (primary N) is 2. The second-order valence-electron chi connectivity index (χ2n) is 5.62. The molecule has 9 heteroatoms. The van der Waals surface area contributed by atoms with Gasteiger partial charge in [0.1, 0.15) is 5.52 Å². The Balaban J connectivity index is 0.00000136. The minimum absolute atomic E-state index is 0.151. The van der Waals surface area contributed by atoms with E-state index in [1.807, 2.05) is 19.9 Å². The van der Waals surface area contributed by atoms with Gasteiger partial charge < -0.3 is 15.8 Å². The number of hydrogen-bond donors (Lipinski definition) is 3. The summed E-state index contributed by atoms with van der Waals surface area (Å²) in [5.41, 5.74) is 7.94. The molecule has 0 saturated heterocycles. The van der Waals surface area contributed by atoms with Crippen molar-refractivity contribution < 1.29 is 5.11 Å². The predicted octanol–water partition coefficient (Wildman–Crippen LogP) is 0.935. The number of aromatic nitrogens is 4. The van der Waals surface area contributed by atoms with E-state index in [0.29, 0.717) is 33.6 Å². The van der Waals surface area contributed by atoms with Gasteiger partial charge in [0.2, 0.25) is 0 Å². The van der Waals surface area contributed by atoms with Crippen LogP contribution in [0.2, 0.25) is 0 Å². The van der Waals surface area contributed by atoms with Crippen LogP contribution in [0.3, 0.4) is 0 Å². The fraction of sp³-hybridized carbons (Fsp3) is 0.263. The molecule has 0 aliphatic carbocycles. The first-order chi connectivity index (χ1) is 13.6. The van der Waals surface area contributed by atoms with Crippen LogP contribution in [0, 0.1) is 0 Å². The van der Waals surface area contributed by atoms with Crippen LogP contribution in [0.5, 0.6) is 0 Å². The van der Waals surface area contributed by atoms with Crippen molar-refractivity contribution in [1.82, 2.24) is 24.5 Å². The normalized spacial score (nSPS) is 11.1. The van der Waals surface area contributed by atoms with Crippen molar-refractivity contribution in [3.8, 4) is 11.3 Å². The van der Waals surface area contributed by atoms with Gasteiger partial charge in [-0.2, -0.15) is 0 Å². The summed E-state index contributed by atoms with van der Waals surface area (Å²) in [6, 6.07) is 5.20. The lowest BCUT2D eigenvalue weighted by Gasteiger charge is -2.17. The monoisotopic (exact) mass is 383 g/mol. The lowest BCUT2D eigenvalue weighted by molar-refractivity contribution is 0.274. The Labute approximate surface area is 162 Å². The first-order valence-corrected chi connectivity index (χ1v) is 8.89. The van der Waals surface area contributed by atoms with E-state index in [4.69, 9.17) is 16.7 Å². The molecule has 0 spiro atoms. The largest absolute Gasteiger partial charge is 0.403 e. The number of hydrogen-bond acceptors (Lipinski definition) is 8. The second-order valence-corrected chi connectivity index (χ2v) is 5.62. The molecule has 0 aromatic carbocycles. The molecule has 28 heavy (non-hydrogen) atoms. The topological polar surface area (TPSA) is 136 Å². The summed E-state index contributed by atoms with van der Waals surface area (Å²) in [5.74, 6) is 5.83. The molecular formula is C19H25N7O2. The molecule has 0 aliphatic heterocycles. The van der Waals surface area contributed by atoms with Crippen LogP contribution in [-0.2, 0) is 6.54 Å². The highest BCUT2D eigenvalue weighted by Gasteiger charge is 2.16. The summed E-state index contributed by atoms with van der Waals surface area (Å²) in [6.45, 7) is 3.98. The van der Waals surface area contributed by atoms with E-state index in [2.05, 4.69) is 15.0 Å². The number of aliphatic hydroxyl groups is 1. The van der Waals surface area contributed by atoms with Crippen LogP contribution < -0.4 is 17.1 Å². The fourth-order valence-electron chi connectivity index (χ4n) is 2.65. The van der Waals surface area contributed by atoms with Crippen LogP contribution in [-0.4, -0.2) is 43.3 Å². The van der Waals surface area contributed by atoms with Crippen LogP contribution in [0.15, 0.2) is 47.9 Å². The molecule has 5 N–H and O–H groups in total. The van der Waals surface area contributed by atoms with Gasteiger partial charge >= 0.3 is 0 Å². The van der Waals surface area contributed by atoms with E-state index in [1.54, 1.807) is 31.6 Å². The summed E-state index contributed by atoms with van der Waals surface area (Å²) in [4.78, 5) is 25.9. The Morgan fingerprint density at radius 2 is 2.14 bits per heavy atom. The first-order valence-electron chi connectivity index (χ1n) is 8.89. The molecule has 3 aromatic heterocycles. The van der Waals surface area contributed by atoms with Gasteiger partial charge in [-0.05, 0) is 18.2 Å². The Bertz CT molecular complexity index is 1010. The van der Waals surface area contributed by atoms with Crippen molar-refractivity contribution in [2.24, 2.45) is 11.6 Å². The zero-order chi connectivity index (χ0) is 20.7. The number of fused-ring (bicyclic) bond motifs is 1. The number of hydrazine groups is 1. The smallest absolute Gasteiger partial charge is 0.261 e. The van der Waals surface area contributed by atoms with Crippen molar-refractivity contribution in [2.75, 3.05) is 13.7 Å². The molecule has 148 valence electrons. The third kappa shape index (κ3) is 4.16. The van der Waals surface area contributed by atoms with Crippen LogP contribution in [0.25, 0.3) is 27.9 Å². The van der Waals surface area contributed by atoms with E-state index in [-0.39, 0.29) is 18.7 Å². The minimum Gasteiger partial charge on any atom is -0.403 e. The van der Waals surface area contributed by atoms with Gasteiger partial charge in [0.25, 0.3) is 5.56 Å². The average Bonchev–Trinajstić information content (AvgIpc) is 2.72. The van der Waals surface area contributed by atoms with Crippen LogP contribution in [0.1, 0.15) is 19.5 Å². The van der Waals surface area contributed by atoms with E-state index in [9.17, 15) is 4.79 Å². The molecule has 9 nitrogen and oxygen atoms in total. The predicted molar refractivity (Wildman–Crippen MR) is 110 cm³/mol. The van der Waals surface area contributed by atoms with Crippen LogP contribution >= 0.6 is 0 Å². The van der Waals surface area contributed by atoms with Crippen molar-refractivity contribution in [3.63, 3.8) is 0 Å². The quantitative estimate of drug-likeness (QED) is 0.437. The number of aliphatic hydroxyl groups excluding tert-OH is 1. The highest BCUT2D eigenvalue weighted by Crippen LogP contribution is 2.26. The third-order valence-electron chi connectivity index (χ3n) is 3.89. The lowest BCUT2D eigenvalue weighted by atomic mass is 10.1. The summed E-state index contributed by atoms with van der Waals surface area (Å²) in [6.07, 6.45) is 6.02. The molecule has 0 saturated carbocycles. The van der Waals surface area contributed by atoms with Gasteiger partial charge in [-0.15, -0.1) is 0 Å². The zero-order valence-corrected chi connectivity index (χ0v) is 16.2. The summed E-state index contributed by atoms with van der Waals surface area (Å²) in [5, 5.41) is 10.8. The summed E-state index contributed by atoms with van der Waals surface area (Å²) in [7, 11) is 1.63. The molecule has 0 aliphatic rings. The molecule has 0 unspecified atom stereocenters. The molecular weight excluding hydrogens is 358 g/mol. The van der Waals surface area contributed by atoms with Gasteiger partial charge in [0.15, 0.2) is 0 Å². The van der Waals surface area contributed by atoms with E-state index in [1.165, 1.54) is 22.1 Å². The Morgan fingerprint density at radius 1 is 1.39 bits per heavy atom. The van der Waals surface area contributed by atoms with Crippen LogP contribution in [0.4, 0.5) is 0 Å². The SMILES string of the molecule is CC.CN(N)/C(=C\N)c1cc2c(=O)n(CCO)cnc2c(-c2cccnc2)n1. The summed E-state index contributed by atoms with van der Waals surface area (Å²) < 4.78 is 1.34. The number of rotatable bonds is 5. The minimum atomic E-state index is -0.283. The Hall–Kier alpha value is -3.30. The first kappa shape index (κ1) is 21.0. The lowest BCUT2D eigenvalue weighted by Crippen LogP contribution is -2.26. The molecule has 3 rings (SSSR count). The summed E-state index contributed by atoms with van der Waals surface area (Å²) >= 11 is 0. The van der Waals surface area contributed by atoms with Crippen molar-refractivity contribution >= 4 is 16.6 Å². The van der Waals surface area contributed by atoms with Gasteiger partial charge in [0.05, 0.1) is 42.0 Å². The standard InChI is InChI=1S/C17H19N7O2.C2H6/c1-23(19)14(8-18)13-7-12-16(21-10-24(5-6-25)17(12)26)15(22-13)11-3-2-4-20-9-11;1-2/h2-4,7-10,25H,5-6,18-19H2,1H3;1-2H3/b14-8-;. The highest BCUT2D eigenvalue weighted by molar-refractivity contribution is 5.92. The molecule has 3 heterocycles. The van der Waals surface area contributed by atoms with Gasteiger partial charge in [-0.25, -0.2) is 15.8 Å². The molecule has 0 amide bonds. The van der Waals surface area contributed by atoms with Crippen molar-refractivity contribution in [3.05, 3.63) is 59.2 Å². The Kier molecular flexibility index (Phi) is 7.19. The molecule has 0 bridgehead atoms. The maximum absolute atomic E-state index is 12.8. The zero-order valence-electron chi connectivity index (χ0n) is 16.2. The molecule has 0 radical (unpaired) electrons. The van der Waals surface area contributed by atoms with Gasteiger partial charge in [0, 0.05) is 31.2 Å². The third-order valence-corrected chi connectivity index (χ3v) is 3.89. The second kappa shape index (κ2) is 9.58. The molecule has 0 fully saturated rings. The Morgan fingerprint density at radius 3 is 2.71 bits per heavy atom. The van der Waals surface area contributed by atoms with Gasteiger partial charge in [-0.1, -0.05) is 13.8 Å². The van der Waals surface area contributed by atoms with E-state index < -0.39 is 0 Å². The van der Waals surface area contributed by atoms with E-state index in [0.717, 1.165) is 0 Å². The average molecular weight is 383 g/mol. The maximum Gasteiger partial charge on any atom is 0.261 e. The van der Waals surface area contributed by atoms with Crippen molar-refractivity contribution in [2.45, 2.75) is 20.4 Å².